The lowest BCUT2D eigenvalue weighted by molar-refractivity contribution is -0.137. The lowest BCUT2D eigenvalue weighted by atomic mass is 10.1. The summed E-state index contributed by atoms with van der Waals surface area (Å²) in [7, 11) is 0. The van der Waals surface area contributed by atoms with Crippen LogP contribution in [0.4, 0.5) is 0 Å². The first-order chi connectivity index (χ1) is 8.08. The summed E-state index contributed by atoms with van der Waals surface area (Å²) >= 11 is 0. The van der Waals surface area contributed by atoms with Gasteiger partial charge in [-0.2, -0.15) is 0 Å². The van der Waals surface area contributed by atoms with Crippen molar-refractivity contribution in [2.45, 2.75) is 33.3 Å². The molecule has 5 nitrogen and oxygen atoms in total. The van der Waals surface area contributed by atoms with Crippen LogP contribution in [0.15, 0.2) is 4.52 Å². The molecule has 1 amide bonds. The zero-order chi connectivity index (χ0) is 12.4. The largest absolute Gasteiger partial charge is 0.375 e. The van der Waals surface area contributed by atoms with Gasteiger partial charge in [0.25, 0.3) is 0 Å². The number of aromatic nitrogens is 1. The van der Waals surface area contributed by atoms with Crippen LogP contribution in [0.25, 0.3) is 0 Å². The minimum atomic E-state index is 0.120. The third kappa shape index (κ3) is 2.66. The molecule has 1 aromatic rings. The van der Waals surface area contributed by atoms with Gasteiger partial charge in [0.15, 0.2) is 0 Å². The second kappa shape index (κ2) is 4.87. The highest BCUT2D eigenvalue weighted by Crippen LogP contribution is 2.15. The predicted molar refractivity (Wildman–Crippen MR) is 61.7 cm³/mol. The molecule has 1 aliphatic rings. The van der Waals surface area contributed by atoms with Crippen molar-refractivity contribution in [3.05, 3.63) is 17.0 Å². The second-order valence-electron chi connectivity index (χ2n) is 4.50. The summed E-state index contributed by atoms with van der Waals surface area (Å²) in [6, 6.07) is 0. The number of nitrogens with zero attached hydrogens (tertiary/aromatic N) is 2. The normalized spacial score (nSPS) is 20.6. The smallest absolute Gasteiger partial charge is 0.227 e. The van der Waals surface area contributed by atoms with E-state index in [4.69, 9.17) is 9.26 Å². The molecule has 0 aliphatic carbocycles. The van der Waals surface area contributed by atoms with E-state index in [0.717, 1.165) is 17.0 Å². The van der Waals surface area contributed by atoms with Crippen LogP contribution in [-0.2, 0) is 16.0 Å². The number of carbonyl (C=O) groups is 1. The average molecular weight is 238 g/mol. The molecule has 5 heteroatoms. The maximum atomic E-state index is 12.1. The number of aryl methyl sites for hydroxylation is 2. The molecular formula is C12H18N2O3. The highest BCUT2D eigenvalue weighted by Gasteiger charge is 2.23. The van der Waals surface area contributed by atoms with Crippen molar-refractivity contribution < 1.29 is 14.1 Å². The average Bonchev–Trinajstić information content (AvgIpc) is 2.61. The van der Waals surface area contributed by atoms with E-state index in [1.807, 2.05) is 25.7 Å². The minimum absolute atomic E-state index is 0.120. The van der Waals surface area contributed by atoms with E-state index in [1.54, 1.807) is 0 Å². The number of morpholine rings is 1. The molecule has 0 unspecified atom stereocenters. The van der Waals surface area contributed by atoms with Crippen LogP contribution < -0.4 is 0 Å². The maximum absolute atomic E-state index is 12.1. The fraction of sp³-hybridized carbons (Fsp3) is 0.667. The van der Waals surface area contributed by atoms with E-state index in [2.05, 4.69) is 5.16 Å². The molecule has 0 spiro atoms. The highest BCUT2D eigenvalue weighted by molar-refractivity contribution is 5.79. The van der Waals surface area contributed by atoms with Crippen LogP contribution in [0.5, 0.6) is 0 Å². The van der Waals surface area contributed by atoms with Crippen molar-refractivity contribution in [2.24, 2.45) is 0 Å². The second-order valence-corrected chi connectivity index (χ2v) is 4.50. The van der Waals surface area contributed by atoms with Crippen LogP contribution in [-0.4, -0.2) is 41.8 Å². The topological polar surface area (TPSA) is 55.6 Å². The highest BCUT2D eigenvalue weighted by atomic mass is 16.5. The van der Waals surface area contributed by atoms with Crippen molar-refractivity contribution in [2.75, 3.05) is 19.7 Å². The van der Waals surface area contributed by atoms with Crippen molar-refractivity contribution in [3.8, 4) is 0 Å². The van der Waals surface area contributed by atoms with Gasteiger partial charge >= 0.3 is 0 Å². The first-order valence-corrected chi connectivity index (χ1v) is 5.89. The van der Waals surface area contributed by atoms with Gasteiger partial charge in [0.1, 0.15) is 5.76 Å². The number of hydrogen-bond donors (Lipinski definition) is 0. The summed E-state index contributed by atoms with van der Waals surface area (Å²) < 4.78 is 10.5. The third-order valence-electron chi connectivity index (χ3n) is 3.10. The Labute approximate surface area is 101 Å². The van der Waals surface area contributed by atoms with Crippen LogP contribution in [0.1, 0.15) is 23.9 Å². The van der Waals surface area contributed by atoms with Gasteiger partial charge in [-0.3, -0.25) is 4.79 Å². The molecule has 0 radical (unpaired) electrons. The lowest BCUT2D eigenvalue weighted by Gasteiger charge is -2.31. The first kappa shape index (κ1) is 12.1. The Hall–Kier alpha value is -1.36. The number of amides is 1. The molecule has 1 saturated heterocycles. The Kier molecular flexibility index (Phi) is 3.47. The molecule has 0 aromatic carbocycles. The summed E-state index contributed by atoms with van der Waals surface area (Å²) in [6.07, 6.45) is 0.491. The number of carbonyl (C=O) groups excluding carboxylic acids is 1. The molecule has 17 heavy (non-hydrogen) atoms. The molecule has 1 fully saturated rings. The molecular weight excluding hydrogens is 220 g/mol. The summed E-state index contributed by atoms with van der Waals surface area (Å²) in [6.45, 7) is 7.64. The fourth-order valence-corrected chi connectivity index (χ4v) is 2.06. The first-order valence-electron chi connectivity index (χ1n) is 5.89. The van der Waals surface area contributed by atoms with Gasteiger partial charge < -0.3 is 14.2 Å². The fourth-order valence-electron chi connectivity index (χ4n) is 2.06. The van der Waals surface area contributed by atoms with E-state index >= 15 is 0 Å². The Morgan fingerprint density at radius 3 is 2.88 bits per heavy atom. The molecule has 1 aliphatic heterocycles. The Morgan fingerprint density at radius 2 is 2.29 bits per heavy atom. The number of hydrogen-bond acceptors (Lipinski definition) is 4. The Balaban J connectivity index is 2.01. The lowest BCUT2D eigenvalue weighted by Crippen LogP contribution is -2.45. The summed E-state index contributed by atoms with van der Waals surface area (Å²) in [5.74, 6) is 0.853. The Bertz CT molecular complexity index is 394. The van der Waals surface area contributed by atoms with E-state index in [0.29, 0.717) is 26.1 Å². The predicted octanol–water partition coefficient (Wildman–Crippen LogP) is 1.08. The molecule has 1 atom stereocenters. The molecule has 94 valence electrons. The summed E-state index contributed by atoms with van der Waals surface area (Å²) in [5.41, 5.74) is 1.71. The van der Waals surface area contributed by atoms with E-state index in [9.17, 15) is 4.79 Å². The van der Waals surface area contributed by atoms with Gasteiger partial charge in [-0.1, -0.05) is 5.16 Å². The monoisotopic (exact) mass is 238 g/mol. The van der Waals surface area contributed by atoms with Gasteiger partial charge in [0.2, 0.25) is 5.91 Å². The quantitative estimate of drug-likeness (QED) is 0.773. The molecule has 1 aromatic heterocycles. The van der Waals surface area contributed by atoms with Gasteiger partial charge in [-0.15, -0.1) is 0 Å². The minimum Gasteiger partial charge on any atom is -0.375 e. The maximum Gasteiger partial charge on any atom is 0.227 e. The van der Waals surface area contributed by atoms with Crippen LogP contribution >= 0.6 is 0 Å². The summed E-state index contributed by atoms with van der Waals surface area (Å²) in [4.78, 5) is 14.0. The zero-order valence-corrected chi connectivity index (χ0v) is 10.5. The van der Waals surface area contributed by atoms with Gasteiger partial charge in [-0.25, -0.2) is 0 Å². The van der Waals surface area contributed by atoms with Crippen molar-refractivity contribution in [1.29, 1.82) is 0 Å². The number of rotatable bonds is 2. The molecule has 0 bridgehead atoms. The van der Waals surface area contributed by atoms with Gasteiger partial charge in [0, 0.05) is 18.7 Å². The number of ether oxygens (including phenoxy) is 1. The van der Waals surface area contributed by atoms with E-state index < -0.39 is 0 Å². The van der Waals surface area contributed by atoms with Crippen molar-refractivity contribution >= 4 is 5.91 Å². The molecule has 0 saturated carbocycles. The summed E-state index contributed by atoms with van der Waals surface area (Å²) in [5, 5.41) is 3.86. The van der Waals surface area contributed by atoms with Crippen LogP contribution in [0, 0.1) is 13.8 Å². The molecule has 2 rings (SSSR count). The van der Waals surface area contributed by atoms with E-state index in [1.165, 1.54) is 0 Å². The van der Waals surface area contributed by atoms with Crippen molar-refractivity contribution in [3.63, 3.8) is 0 Å². The zero-order valence-electron chi connectivity index (χ0n) is 10.5. The SMILES string of the molecule is Cc1noc(C)c1CC(=O)N1CCO[C@H](C)C1. The standard InChI is InChI=1S/C12H18N2O3/c1-8-7-14(4-5-16-8)12(15)6-11-9(2)13-17-10(11)3/h8H,4-7H2,1-3H3/t8-/m1/s1. The molecule has 2 heterocycles. The van der Waals surface area contributed by atoms with Crippen molar-refractivity contribution in [1.82, 2.24) is 10.1 Å². The van der Waals surface area contributed by atoms with Gasteiger partial charge in [-0.05, 0) is 20.8 Å². The Morgan fingerprint density at radius 1 is 1.53 bits per heavy atom. The molecule has 0 N–H and O–H groups in total. The van der Waals surface area contributed by atoms with E-state index in [-0.39, 0.29) is 12.0 Å². The van der Waals surface area contributed by atoms with Crippen LogP contribution in [0.2, 0.25) is 0 Å². The third-order valence-corrected chi connectivity index (χ3v) is 3.10. The van der Waals surface area contributed by atoms with Gasteiger partial charge in [0.05, 0.1) is 24.8 Å². The van der Waals surface area contributed by atoms with Crippen LogP contribution in [0.3, 0.4) is 0 Å².